The number of rotatable bonds is 2. The van der Waals surface area contributed by atoms with Gasteiger partial charge in [-0.05, 0) is 22.8 Å². The topological polar surface area (TPSA) is 43.4 Å². The van der Waals surface area contributed by atoms with Gasteiger partial charge in [0.1, 0.15) is 5.75 Å². The Balaban J connectivity index is 2.06. The summed E-state index contributed by atoms with van der Waals surface area (Å²) in [6.45, 7) is 0. The van der Waals surface area contributed by atoms with E-state index in [0.29, 0.717) is 17.5 Å². The predicted octanol–water partition coefficient (Wildman–Crippen LogP) is 3.49. The second-order valence-corrected chi connectivity index (χ2v) is 6.14. The van der Waals surface area contributed by atoms with Crippen molar-refractivity contribution in [2.45, 2.75) is 11.9 Å². The highest BCUT2D eigenvalue weighted by atomic mass is 32.2. The molecular weight excluding hydrogens is 305 g/mol. The van der Waals surface area contributed by atoms with Crippen LogP contribution in [0.1, 0.15) is 11.1 Å². The molecule has 0 unspecified atom stereocenters. The van der Waals surface area contributed by atoms with Crippen LogP contribution >= 0.6 is 0 Å². The minimum atomic E-state index is -5.66. The lowest BCUT2D eigenvalue weighted by molar-refractivity contribution is -0.0500. The summed E-state index contributed by atoms with van der Waals surface area (Å²) in [5.41, 5.74) is -2.50. The van der Waals surface area contributed by atoms with Gasteiger partial charge in [0.05, 0.1) is 0 Å². The van der Waals surface area contributed by atoms with E-state index in [9.17, 15) is 21.6 Å². The van der Waals surface area contributed by atoms with Gasteiger partial charge in [-0.1, -0.05) is 36.4 Å². The Bertz CT molecular complexity index is 810. The summed E-state index contributed by atoms with van der Waals surface area (Å²) in [6, 6.07) is 11.7. The fraction of sp³-hybridized carbons (Fsp3) is 0.143. The maximum absolute atomic E-state index is 12.4. The zero-order valence-electron chi connectivity index (χ0n) is 10.5. The van der Waals surface area contributed by atoms with E-state index in [4.69, 9.17) is 0 Å². The molecule has 3 nitrogen and oxygen atoms in total. The van der Waals surface area contributed by atoms with Crippen LogP contribution in [-0.2, 0) is 16.5 Å². The fourth-order valence-electron chi connectivity index (χ4n) is 2.37. The first-order valence-electron chi connectivity index (χ1n) is 6.00. The first-order valence-corrected chi connectivity index (χ1v) is 7.41. The molecule has 2 aromatic rings. The van der Waals surface area contributed by atoms with Crippen LogP contribution in [0.25, 0.3) is 11.1 Å². The number of benzene rings is 2. The van der Waals surface area contributed by atoms with Crippen LogP contribution in [0.3, 0.4) is 0 Å². The van der Waals surface area contributed by atoms with Crippen LogP contribution in [0, 0.1) is 0 Å². The molecule has 21 heavy (non-hydrogen) atoms. The molecule has 0 aromatic heterocycles. The van der Waals surface area contributed by atoms with Gasteiger partial charge in [0.15, 0.2) is 0 Å². The summed E-state index contributed by atoms with van der Waals surface area (Å²) in [7, 11) is -5.66. The molecule has 0 radical (unpaired) electrons. The van der Waals surface area contributed by atoms with Crippen LogP contribution in [0.4, 0.5) is 13.2 Å². The minimum Gasteiger partial charge on any atom is -0.376 e. The highest BCUT2D eigenvalue weighted by Gasteiger charge is 2.49. The van der Waals surface area contributed by atoms with Gasteiger partial charge in [-0.3, -0.25) is 0 Å². The van der Waals surface area contributed by atoms with E-state index >= 15 is 0 Å². The van der Waals surface area contributed by atoms with Crippen molar-refractivity contribution in [2.75, 3.05) is 0 Å². The van der Waals surface area contributed by atoms with Gasteiger partial charge in [-0.15, -0.1) is 0 Å². The Morgan fingerprint density at radius 3 is 2.33 bits per heavy atom. The van der Waals surface area contributed by atoms with Crippen molar-refractivity contribution in [3.63, 3.8) is 0 Å². The Kier molecular flexibility index (Phi) is 2.98. The van der Waals surface area contributed by atoms with Crippen LogP contribution in [0.15, 0.2) is 42.5 Å². The molecule has 0 aliphatic heterocycles. The Hall–Kier alpha value is -2.02. The summed E-state index contributed by atoms with van der Waals surface area (Å²) in [5.74, 6) is -0.277. The fourth-order valence-corrected chi connectivity index (χ4v) is 2.86. The largest absolute Gasteiger partial charge is 0.534 e. The average Bonchev–Trinajstić information content (AvgIpc) is 2.77. The summed E-state index contributed by atoms with van der Waals surface area (Å²) < 4.78 is 63.8. The van der Waals surface area contributed by atoms with E-state index in [2.05, 4.69) is 4.18 Å². The van der Waals surface area contributed by atoms with Crippen molar-refractivity contribution in [1.82, 2.24) is 0 Å². The van der Waals surface area contributed by atoms with Crippen molar-refractivity contribution in [3.05, 3.63) is 53.6 Å². The molecule has 110 valence electrons. The highest BCUT2D eigenvalue weighted by molar-refractivity contribution is 7.88. The first-order chi connectivity index (χ1) is 9.79. The molecule has 7 heteroatoms. The summed E-state index contributed by atoms with van der Waals surface area (Å²) in [6.07, 6.45) is 0.342. The van der Waals surface area contributed by atoms with Crippen LogP contribution in [0.5, 0.6) is 5.75 Å². The maximum atomic E-state index is 12.4. The molecule has 1 aliphatic rings. The van der Waals surface area contributed by atoms with Crippen molar-refractivity contribution in [1.29, 1.82) is 0 Å². The SMILES string of the molecule is O=S(=O)(Oc1cccc2c1Cc1ccccc1-2)C(F)(F)F. The van der Waals surface area contributed by atoms with Gasteiger partial charge in [-0.25, -0.2) is 0 Å². The standard InChI is InChI=1S/C14H9F3O3S/c15-14(16,17)21(18,19)20-13-7-3-6-11-10-5-2-1-4-9(10)8-12(11)13/h1-7H,8H2. The van der Waals surface area contributed by atoms with Crippen LogP contribution < -0.4 is 4.18 Å². The third kappa shape index (κ3) is 2.27. The number of hydrogen-bond donors (Lipinski definition) is 0. The molecule has 0 N–H and O–H groups in total. The molecular formula is C14H9F3O3S. The number of fused-ring (bicyclic) bond motifs is 3. The quantitative estimate of drug-likeness (QED) is 0.537. The van der Waals surface area contributed by atoms with Gasteiger partial charge in [0, 0.05) is 12.0 Å². The van der Waals surface area contributed by atoms with E-state index in [-0.39, 0.29) is 5.75 Å². The van der Waals surface area contributed by atoms with Crippen molar-refractivity contribution >= 4 is 10.1 Å². The molecule has 0 saturated heterocycles. The maximum Gasteiger partial charge on any atom is 0.534 e. The zero-order valence-corrected chi connectivity index (χ0v) is 11.3. The monoisotopic (exact) mass is 314 g/mol. The lowest BCUT2D eigenvalue weighted by Gasteiger charge is -2.12. The van der Waals surface area contributed by atoms with Gasteiger partial charge in [0.2, 0.25) is 0 Å². The van der Waals surface area contributed by atoms with E-state index in [0.717, 1.165) is 11.1 Å². The van der Waals surface area contributed by atoms with Gasteiger partial charge >= 0.3 is 15.6 Å². The molecule has 3 rings (SSSR count). The number of halogens is 3. The normalized spacial score (nSPS) is 13.7. The van der Waals surface area contributed by atoms with E-state index < -0.39 is 15.6 Å². The second kappa shape index (κ2) is 4.49. The third-order valence-corrected chi connectivity index (χ3v) is 4.26. The Morgan fingerprint density at radius 2 is 1.62 bits per heavy atom. The van der Waals surface area contributed by atoms with Crippen molar-refractivity contribution in [2.24, 2.45) is 0 Å². The number of alkyl halides is 3. The van der Waals surface area contributed by atoms with Gasteiger partial charge in [-0.2, -0.15) is 21.6 Å². The molecule has 0 heterocycles. The van der Waals surface area contributed by atoms with E-state index in [1.807, 2.05) is 24.3 Å². The summed E-state index contributed by atoms with van der Waals surface area (Å²) in [5, 5.41) is 0. The molecule has 0 saturated carbocycles. The zero-order chi connectivity index (χ0) is 15.3. The van der Waals surface area contributed by atoms with Gasteiger partial charge < -0.3 is 4.18 Å². The minimum absolute atomic E-state index is 0.277. The van der Waals surface area contributed by atoms with E-state index in [1.165, 1.54) is 12.1 Å². The predicted molar refractivity (Wildman–Crippen MR) is 70.3 cm³/mol. The molecule has 1 aliphatic carbocycles. The Labute approximate surface area is 119 Å². The first kappa shape index (κ1) is 13.9. The van der Waals surface area contributed by atoms with Crippen LogP contribution in [0.2, 0.25) is 0 Å². The molecule has 0 fully saturated rings. The highest BCUT2D eigenvalue weighted by Crippen LogP contribution is 2.42. The lowest BCUT2D eigenvalue weighted by atomic mass is 10.1. The van der Waals surface area contributed by atoms with Crippen molar-refractivity contribution in [3.8, 4) is 16.9 Å². The molecule has 0 atom stereocenters. The third-order valence-electron chi connectivity index (χ3n) is 3.29. The number of hydrogen-bond acceptors (Lipinski definition) is 3. The van der Waals surface area contributed by atoms with Gasteiger partial charge in [0.25, 0.3) is 0 Å². The Morgan fingerprint density at radius 1 is 0.952 bits per heavy atom. The smallest absolute Gasteiger partial charge is 0.376 e. The lowest BCUT2D eigenvalue weighted by Crippen LogP contribution is -2.28. The molecule has 0 amide bonds. The molecule has 2 aromatic carbocycles. The molecule has 0 bridgehead atoms. The summed E-state index contributed by atoms with van der Waals surface area (Å²) in [4.78, 5) is 0. The van der Waals surface area contributed by atoms with E-state index in [1.54, 1.807) is 6.07 Å². The van der Waals surface area contributed by atoms with Crippen molar-refractivity contribution < 1.29 is 25.8 Å². The molecule has 0 spiro atoms. The van der Waals surface area contributed by atoms with Crippen LogP contribution in [-0.4, -0.2) is 13.9 Å². The summed E-state index contributed by atoms with van der Waals surface area (Å²) >= 11 is 0. The average molecular weight is 314 g/mol. The second-order valence-electron chi connectivity index (χ2n) is 4.60.